The second-order valence-corrected chi connectivity index (χ2v) is 10.6. The molecule has 2 saturated heterocycles. The zero-order valence-corrected chi connectivity index (χ0v) is 21.9. The predicted octanol–water partition coefficient (Wildman–Crippen LogP) is 3.04. The lowest BCUT2D eigenvalue weighted by atomic mass is 9.97. The Morgan fingerprint density at radius 3 is 2.43 bits per heavy atom. The summed E-state index contributed by atoms with van der Waals surface area (Å²) in [5.74, 6) is 1.08. The van der Waals surface area contributed by atoms with Crippen LogP contribution in [0.5, 0.6) is 0 Å². The number of anilines is 1. The van der Waals surface area contributed by atoms with Crippen LogP contribution < -0.4 is 5.32 Å². The number of benzene rings is 1. The summed E-state index contributed by atoms with van der Waals surface area (Å²) >= 11 is 0. The highest BCUT2D eigenvalue weighted by atomic mass is 16.6. The number of amides is 2. The minimum absolute atomic E-state index is 0.0733. The van der Waals surface area contributed by atoms with Gasteiger partial charge in [0, 0.05) is 43.9 Å². The molecule has 0 spiro atoms. The number of aromatic nitrogens is 2. The van der Waals surface area contributed by atoms with E-state index in [9.17, 15) is 14.7 Å². The summed E-state index contributed by atoms with van der Waals surface area (Å²) in [6, 6.07) is 7.32. The van der Waals surface area contributed by atoms with E-state index in [2.05, 4.69) is 15.3 Å². The van der Waals surface area contributed by atoms with Gasteiger partial charge in [-0.1, -0.05) is 12.1 Å². The topological polar surface area (TPSA) is 117 Å². The zero-order valence-electron chi connectivity index (χ0n) is 21.9. The second-order valence-electron chi connectivity index (χ2n) is 10.6. The van der Waals surface area contributed by atoms with Gasteiger partial charge < -0.3 is 29.7 Å². The molecule has 1 unspecified atom stereocenters. The molecule has 1 aromatic heterocycles. The normalized spacial score (nSPS) is 19.0. The lowest BCUT2D eigenvalue weighted by molar-refractivity contribution is -0.0447. The number of nitrogens with zero attached hydrogens (tertiary/aromatic N) is 4. The molecule has 1 atom stereocenters. The van der Waals surface area contributed by atoms with Gasteiger partial charge in [-0.25, -0.2) is 9.78 Å². The number of aliphatic hydroxyl groups is 1. The molecule has 1 aromatic carbocycles. The van der Waals surface area contributed by atoms with Crippen molar-refractivity contribution >= 4 is 17.8 Å². The lowest BCUT2D eigenvalue weighted by Crippen LogP contribution is -2.46. The van der Waals surface area contributed by atoms with Gasteiger partial charge in [0.15, 0.2) is 0 Å². The molecule has 0 bridgehead atoms. The van der Waals surface area contributed by atoms with E-state index in [0.29, 0.717) is 50.1 Å². The molecular formula is C27H37N5O5. The number of ether oxygens (including phenoxy) is 2. The number of hydrogen-bond donors (Lipinski definition) is 2. The Morgan fingerprint density at radius 2 is 1.81 bits per heavy atom. The van der Waals surface area contributed by atoms with E-state index in [0.717, 1.165) is 30.6 Å². The maximum absolute atomic E-state index is 12.8. The largest absolute Gasteiger partial charge is 0.444 e. The first-order chi connectivity index (χ1) is 17.7. The summed E-state index contributed by atoms with van der Waals surface area (Å²) in [4.78, 5) is 37.5. The molecule has 0 aliphatic carbocycles. The SMILES string of the molecule is CC(C)(C)OC(=O)N1CCC(CNc2cnc(-c3ccc(C(=O)N4CCOC(CO)C4)cc3)cn2)CC1. The first-order valence-corrected chi connectivity index (χ1v) is 12.9. The van der Waals surface area contributed by atoms with Crippen LogP contribution in [-0.4, -0.2) is 94.5 Å². The summed E-state index contributed by atoms with van der Waals surface area (Å²) in [5.41, 5.74) is 1.71. The van der Waals surface area contributed by atoms with Crippen LogP contribution in [0, 0.1) is 5.92 Å². The number of rotatable bonds is 6. The number of nitrogens with one attached hydrogen (secondary N) is 1. The smallest absolute Gasteiger partial charge is 0.410 e. The van der Waals surface area contributed by atoms with Crippen LogP contribution in [0.15, 0.2) is 36.7 Å². The average Bonchev–Trinajstić information content (AvgIpc) is 2.91. The minimum atomic E-state index is -0.479. The van der Waals surface area contributed by atoms with Gasteiger partial charge in [0.25, 0.3) is 5.91 Å². The summed E-state index contributed by atoms with van der Waals surface area (Å²) < 4.78 is 10.9. The van der Waals surface area contributed by atoms with E-state index in [1.807, 2.05) is 32.9 Å². The van der Waals surface area contributed by atoms with Crippen molar-refractivity contribution in [3.63, 3.8) is 0 Å². The highest BCUT2D eigenvalue weighted by molar-refractivity contribution is 5.94. The summed E-state index contributed by atoms with van der Waals surface area (Å²) in [7, 11) is 0. The number of piperidine rings is 1. The van der Waals surface area contributed by atoms with E-state index in [4.69, 9.17) is 9.47 Å². The van der Waals surface area contributed by atoms with E-state index in [1.54, 1.807) is 34.3 Å². The Hall–Kier alpha value is -3.24. The molecule has 2 N–H and O–H groups in total. The van der Waals surface area contributed by atoms with Crippen LogP contribution in [0.4, 0.5) is 10.6 Å². The number of likely N-dealkylation sites (tertiary alicyclic amines) is 1. The van der Waals surface area contributed by atoms with Crippen molar-refractivity contribution in [2.24, 2.45) is 5.92 Å². The Kier molecular flexibility index (Phi) is 8.60. The highest BCUT2D eigenvalue weighted by Crippen LogP contribution is 2.22. The van der Waals surface area contributed by atoms with Crippen molar-refractivity contribution in [3.05, 3.63) is 42.2 Å². The fourth-order valence-corrected chi connectivity index (χ4v) is 4.44. The van der Waals surface area contributed by atoms with E-state index < -0.39 is 5.60 Å². The van der Waals surface area contributed by atoms with Crippen molar-refractivity contribution < 1.29 is 24.2 Å². The first-order valence-electron chi connectivity index (χ1n) is 12.9. The Morgan fingerprint density at radius 1 is 1.08 bits per heavy atom. The fraction of sp³-hybridized carbons (Fsp3) is 0.556. The molecule has 37 heavy (non-hydrogen) atoms. The highest BCUT2D eigenvalue weighted by Gasteiger charge is 2.27. The van der Waals surface area contributed by atoms with E-state index in [-0.39, 0.29) is 24.7 Å². The third kappa shape index (κ3) is 7.39. The molecule has 2 aromatic rings. The molecule has 2 amide bonds. The monoisotopic (exact) mass is 511 g/mol. The predicted molar refractivity (Wildman–Crippen MR) is 139 cm³/mol. The molecule has 2 aliphatic heterocycles. The van der Waals surface area contributed by atoms with Crippen molar-refractivity contribution in [1.82, 2.24) is 19.8 Å². The van der Waals surface area contributed by atoms with Crippen LogP contribution in [0.1, 0.15) is 44.0 Å². The minimum Gasteiger partial charge on any atom is -0.444 e. The molecule has 0 saturated carbocycles. The summed E-state index contributed by atoms with van der Waals surface area (Å²) in [6.45, 7) is 9.03. The van der Waals surface area contributed by atoms with Crippen LogP contribution in [-0.2, 0) is 9.47 Å². The molecule has 2 aliphatic rings. The van der Waals surface area contributed by atoms with Crippen LogP contribution in [0.25, 0.3) is 11.3 Å². The molecular weight excluding hydrogens is 474 g/mol. The zero-order chi connectivity index (χ0) is 26.4. The van der Waals surface area contributed by atoms with Gasteiger partial charge in [0.1, 0.15) is 11.4 Å². The van der Waals surface area contributed by atoms with Crippen LogP contribution in [0.2, 0.25) is 0 Å². The number of carbonyl (C=O) groups is 2. The van der Waals surface area contributed by atoms with Gasteiger partial charge in [-0.05, 0) is 51.7 Å². The van der Waals surface area contributed by atoms with Crippen LogP contribution in [0.3, 0.4) is 0 Å². The van der Waals surface area contributed by atoms with E-state index in [1.165, 1.54) is 0 Å². The number of hydrogen-bond acceptors (Lipinski definition) is 8. The number of aliphatic hydroxyl groups excluding tert-OH is 1. The lowest BCUT2D eigenvalue weighted by Gasteiger charge is -2.33. The van der Waals surface area contributed by atoms with Gasteiger partial charge in [-0.2, -0.15) is 0 Å². The van der Waals surface area contributed by atoms with Gasteiger partial charge >= 0.3 is 6.09 Å². The van der Waals surface area contributed by atoms with Crippen molar-refractivity contribution in [3.8, 4) is 11.3 Å². The fourth-order valence-electron chi connectivity index (χ4n) is 4.44. The number of morpholine rings is 1. The molecule has 4 rings (SSSR count). The Labute approximate surface area is 218 Å². The maximum Gasteiger partial charge on any atom is 0.410 e. The third-order valence-corrected chi connectivity index (χ3v) is 6.55. The molecule has 3 heterocycles. The average molecular weight is 512 g/mol. The molecule has 10 nitrogen and oxygen atoms in total. The van der Waals surface area contributed by atoms with Crippen molar-refractivity contribution in [2.75, 3.05) is 51.3 Å². The van der Waals surface area contributed by atoms with Crippen molar-refractivity contribution in [2.45, 2.75) is 45.3 Å². The molecule has 2 fully saturated rings. The summed E-state index contributed by atoms with van der Waals surface area (Å²) in [5, 5.41) is 12.7. The van der Waals surface area contributed by atoms with Gasteiger partial charge in [0.05, 0.1) is 37.4 Å². The van der Waals surface area contributed by atoms with Gasteiger partial charge in [0.2, 0.25) is 0 Å². The van der Waals surface area contributed by atoms with Gasteiger partial charge in [-0.3, -0.25) is 9.78 Å². The second kappa shape index (κ2) is 11.9. The maximum atomic E-state index is 12.8. The quantitative estimate of drug-likeness (QED) is 0.608. The van der Waals surface area contributed by atoms with E-state index >= 15 is 0 Å². The molecule has 10 heteroatoms. The standard InChI is InChI=1S/C27H37N5O5/c1-27(2,3)37-26(35)31-10-8-19(9-11-31)14-29-24-16-28-23(15-30-24)20-4-6-21(7-5-20)25(34)32-12-13-36-22(17-32)18-33/h4-7,15-16,19,22,33H,8-14,17-18H2,1-3H3,(H,29,30). The Bertz CT molecular complexity index is 1050. The number of carbonyl (C=O) groups excluding carboxylic acids is 2. The van der Waals surface area contributed by atoms with Crippen molar-refractivity contribution in [1.29, 1.82) is 0 Å². The van der Waals surface area contributed by atoms with Crippen LogP contribution >= 0.6 is 0 Å². The summed E-state index contributed by atoms with van der Waals surface area (Å²) in [6.07, 6.45) is 4.69. The third-order valence-electron chi connectivity index (χ3n) is 6.55. The van der Waals surface area contributed by atoms with Gasteiger partial charge in [-0.15, -0.1) is 0 Å². The Balaban J connectivity index is 1.25. The molecule has 0 radical (unpaired) electrons. The first kappa shape index (κ1) is 26.8. The molecule has 200 valence electrons.